The summed E-state index contributed by atoms with van der Waals surface area (Å²) in [6.45, 7) is 0.487. The Bertz CT molecular complexity index is 518. The molecule has 2 heterocycles. The van der Waals surface area contributed by atoms with E-state index < -0.39 is 0 Å². The molecule has 2 rings (SSSR count). The van der Waals surface area contributed by atoms with Gasteiger partial charge in [-0.25, -0.2) is 0 Å². The fourth-order valence-electron chi connectivity index (χ4n) is 1.80. The van der Waals surface area contributed by atoms with Gasteiger partial charge in [0.2, 0.25) is 5.91 Å². The van der Waals surface area contributed by atoms with Crippen molar-refractivity contribution in [2.75, 3.05) is 7.05 Å². The standard InChI is InChI=1S/C12H18N6O/c1-17(8-11-16-15-9-18(11)2)12(19)5-3-4-10-6-13-14-7-10/h6-7,9H,3-5,8H2,1-2H3,(H,13,14). The predicted molar refractivity (Wildman–Crippen MR) is 69.0 cm³/mol. The SMILES string of the molecule is CN(Cc1nncn1C)C(=O)CCCc1cn[nH]c1. The van der Waals surface area contributed by atoms with Gasteiger partial charge >= 0.3 is 0 Å². The largest absolute Gasteiger partial charge is 0.338 e. The minimum atomic E-state index is 0.117. The Morgan fingerprint density at radius 3 is 3.00 bits per heavy atom. The molecule has 0 radical (unpaired) electrons. The lowest BCUT2D eigenvalue weighted by Crippen LogP contribution is -2.27. The zero-order chi connectivity index (χ0) is 13.7. The molecule has 0 saturated carbocycles. The Morgan fingerprint density at radius 1 is 1.53 bits per heavy atom. The van der Waals surface area contributed by atoms with Crippen molar-refractivity contribution in [3.05, 3.63) is 30.1 Å². The predicted octanol–water partition coefficient (Wildman–Crippen LogP) is 0.519. The van der Waals surface area contributed by atoms with Gasteiger partial charge in [-0.3, -0.25) is 9.89 Å². The summed E-state index contributed by atoms with van der Waals surface area (Å²) in [4.78, 5) is 13.6. The molecule has 2 aromatic rings. The summed E-state index contributed by atoms with van der Waals surface area (Å²) in [7, 11) is 3.65. The highest BCUT2D eigenvalue weighted by molar-refractivity contribution is 5.75. The molecule has 0 aliphatic carbocycles. The van der Waals surface area contributed by atoms with Crippen molar-refractivity contribution in [2.24, 2.45) is 7.05 Å². The third kappa shape index (κ3) is 3.64. The van der Waals surface area contributed by atoms with Crippen molar-refractivity contribution in [3.8, 4) is 0 Å². The number of aromatic nitrogens is 5. The molecule has 0 aromatic carbocycles. The van der Waals surface area contributed by atoms with Crippen LogP contribution in [0, 0.1) is 0 Å². The molecule has 0 fully saturated rings. The molecule has 7 heteroatoms. The zero-order valence-corrected chi connectivity index (χ0v) is 11.2. The maximum absolute atomic E-state index is 12.0. The molecule has 1 N–H and O–H groups in total. The zero-order valence-electron chi connectivity index (χ0n) is 11.2. The van der Waals surface area contributed by atoms with E-state index in [1.54, 1.807) is 24.5 Å². The number of amides is 1. The third-order valence-electron chi connectivity index (χ3n) is 3.02. The first-order valence-electron chi connectivity index (χ1n) is 6.21. The summed E-state index contributed by atoms with van der Waals surface area (Å²) in [5, 5.41) is 14.4. The Balaban J connectivity index is 1.75. The van der Waals surface area contributed by atoms with E-state index in [9.17, 15) is 4.79 Å². The normalized spacial score (nSPS) is 10.6. The first-order chi connectivity index (χ1) is 9.16. The number of hydrogen-bond acceptors (Lipinski definition) is 4. The van der Waals surface area contributed by atoms with Gasteiger partial charge in [-0.05, 0) is 18.4 Å². The van der Waals surface area contributed by atoms with Gasteiger partial charge in [0, 0.05) is 26.7 Å². The van der Waals surface area contributed by atoms with Gasteiger partial charge in [-0.1, -0.05) is 0 Å². The number of H-pyrrole nitrogens is 1. The molecular formula is C12H18N6O. The number of nitrogens with one attached hydrogen (secondary N) is 1. The molecule has 0 saturated heterocycles. The smallest absolute Gasteiger partial charge is 0.222 e. The molecule has 102 valence electrons. The topological polar surface area (TPSA) is 79.7 Å². The van der Waals surface area contributed by atoms with Crippen molar-refractivity contribution in [1.82, 2.24) is 29.9 Å². The third-order valence-corrected chi connectivity index (χ3v) is 3.02. The minimum absolute atomic E-state index is 0.117. The molecule has 1 amide bonds. The van der Waals surface area contributed by atoms with Gasteiger partial charge in [0.05, 0.1) is 12.7 Å². The van der Waals surface area contributed by atoms with Crippen molar-refractivity contribution in [1.29, 1.82) is 0 Å². The lowest BCUT2D eigenvalue weighted by Gasteiger charge is -2.16. The highest BCUT2D eigenvalue weighted by Crippen LogP contribution is 2.05. The molecule has 2 aromatic heterocycles. The Hall–Kier alpha value is -2.18. The molecule has 0 spiro atoms. The molecule has 7 nitrogen and oxygen atoms in total. The summed E-state index contributed by atoms with van der Waals surface area (Å²) in [5.74, 6) is 0.900. The first kappa shape index (κ1) is 13.3. The summed E-state index contributed by atoms with van der Waals surface area (Å²) >= 11 is 0. The van der Waals surface area contributed by atoms with Crippen LogP contribution in [0.2, 0.25) is 0 Å². The number of aryl methyl sites for hydroxylation is 2. The van der Waals surface area contributed by atoms with E-state index in [1.165, 1.54) is 0 Å². The van der Waals surface area contributed by atoms with Gasteiger partial charge in [0.15, 0.2) is 5.82 Å². The lowest BCUT2D eigenvalue weighted by atomic mass is 10.1. The number of nitrogens with zero attached hydrogens (tertiary/aromatic N) is 5. The van der Waals surface area contributed by atoms with E-state index in [-0.39, 0.29) is 5.91 Å². The number of carbonyl (C=O) groups is 1. The quantitative estimate of drug-likeness (QED) is 0.823. The maximum Gasteiger partial charge on any atom is 0.222 e. The highest BCUT2D eigenvalue weighted by Gasteiger charge is 2.11. The number of aromatic amines is 1. The average Bonchev–Trinajstić information content (AvgIpc) is 3.02. The van der Waals surface area contributed by atoms with Crippen LogP contribution in [0.1, 0.15) is 24.2 Å². The highest BCUT2D eigenvalue weighted by atomic mass is 16.2. The average molecular weight is 262 g/mol. The van der Waals surface area contributed by atoms with Crippen LogP contribution in [0.3, 0.4) is 0 Å². The van der Waals surface area contributed by atoms with Gasteiger partial charge in [-0.2, -0.15) is 5.10 Å². The van der Waals surface area contributed by atoms with E-state index in [0.717, 1.165) is 24.2 Å². The van der Waals surface area contributed by atoms with Crippen LogP contribution >= 0.6 is 0 Å². The van der Waals surface area contributed by atoms with Gasteiger partial charge in [0.1, 0.15) is 6.33 Å². The van der Waals surface area contributed by atoms with Crippen LogP contribution in [0.4, 0.5) is 0 Å². The van der Waals surface area contributed by atoms with E-state index in [1.807, 2.05) is 17.8 Å². The van der Waals surface area contributed by atoms with E-state index in [2.05, 4.69) is 20.4 Å². The molecule has 0 atom stereocenters. The number of hydrogen-bond donors (Lipinski definition) is 1. The monoisotopic (exact) mass is 262 g/mol. The Morgan fingerprint density at radius 2 is 2.37 bits per heavy atom. The Kier molecular flexibility index (Phi) is 4.27. The fraction of sp³-hybridized carbons (Fsp3) is 0.500. The van der Waals surface area contributed by atoms with Crippen molar-refractivity contribution >= 4 is 5.91 Å². The number of rotatable bonds is 6. The first-order valence-corrected chi connectivity index (χ1v) is 6.21. The second kappa shape index (κ2) is 6.12. The van der Waals surface area contributed by atoms with E-state index in [4.69, 9.17) is 0 Å². The molecule has 0 aliphatic heterocycles. The summed E-state index contributed by atoms with van der Waals surface area (Å²) < 4.78 is 1.81. The number of carbonyl (C=O) groups excluding carboxylic acids is 1. The molecule has 0 bridgehead atoms. The van der Waals surface area contributed by atoms with Crippen LogP contribution in [0.25, 0.3) is 0 Å². The minimum Gasteiger partial charge on any atom is -0.338 e. The summed E-state index contributed by atoms with van der Waals surface area (Å²) in [5.41, 5.74) is 1.13. The van der Waals surface area contributed by atoms with Gasteiger partial charge < -0.3 is 9.47 Å². The summed E-state index contributed by atoms with van der Waals surface area (Å²) in [6.07, 6.45) is 7.48. The van der Waals surface area contributed by atoms with E-state index in [0.29, 0.717) is 13.0 Å². The molecule has 0 unspecified atom stereocenters. The van der Waals surface area contributed by atoms with Crippen LogP contribution in [-0.2, 0) is 24.8 Å². The van der Waals surface area contributed by atoms with Crippen LogP contribution in [0.5, 0.6) is 0 Å². The maximum atomic E-state index is 12.0. The van der Waals surface area contributed by atoms with Crippen molar-refractivity contribution in [3.63, 3.8) is 0 Å². The second-order valence-electron chi connectivity index (χ2n) is 4.57. The van der Waals surface area contributed by atoms with E-state index >= 15 is 0 Å². The lowest BCUT2D eigenvalue weighted by molar-refractivity contribution is -0.130. The molecule has 19 heavy (non-hydrogen) atoms. The fourth-order valence-corrected chi connectivity index (χ4v) is 1.80. The second-order valence-corrected chi connectivity index (χ2v) is 4.57. The van der Waals surface area contributed by atoms with Gasteiger partial charge in [-0.15, -0.1) is 10.2 Å². The Labute approximate surface area is 111 Å². The molecule has 0 aliphatic rings. The van der Waals surface area contributed by atoms with Crippen molar-refractivity contribution in [2.45, 2.75) is 25.8 Å². The van der Waals surface area contributed by atoms with Crippen molar-refractivity contribution < 1.29 is 4.79 Å². The van der Waals surface area contributed by atoms with Crippen LogP contribution in [-0.4, -0.2) is 42.8 Å². The van der Waals surface area contributed by atoms with Crippen LogP contribution in [0.15, 0.2) is 18.7 Å². The van der Waals surface area contributed by atoms with Gasteiger partial charge in [0.25, 0.3) is 0 Å². The molecular weight excluding hydrogens is 244 g/mol. The summed E-state index contributed by atoms with van der Waals surface area (Å²) in [6, 6.07) is 0. The van der Waals surface area contributed by atoms with Crippen LogP contribution < -0.4 is 0 Å².